The first-order chi connectivity index (χ1) is 8.99. The number of pyridine rings is 1. The molecule has 1 aromatic heterocycles. The number of aromatic carboxylic acids is 1. The molecule has 6 heteroatoms. The number of aryl methyl sites for hydroxylation is 1. The fourth-order valence-electron chi connectivity index (χ4n) is 1.46. The molecule has 98 valence electrons. The molecule has 0 aliphatic heterocycles. The molecule has 1 heterocycles. The smallest absolute Gasteiger partial charge is 0.341 e. The fourth-order valence-corrected chi connectivity index (χ4v) is 1.46. The van der Waals surface area contributed by atoms with E-state index in [4.69, 9.17) is 9.84 Å². The molecule has 19 heavy (non-hydrogen) atoms. The highest BCUT2D eigenvalue weighted by Gasteiger charge is 2.16. The first-order valence-electron chi connectivity index (χ1n) is 5.31. The summed E-state index contributed by atoms with van der Waals surface area (Å²) in [6.07, 6.45) is 1.10. The summed E-state index contributed by atoms with van der Waals surface area (Å²) in [4.78, 5) is 14.8. The summed E-state index contributed by atoms with van der Waals surface area (Å²) in [6, 6.07) is 4.76. The summed E-state index contributed by atoms with van der Waals surface area (Å²) in [7, 11) is 0. The fraction of sp³-hybridized carbons (Fsp3) is 0.0769. The van der Waals surface area contributed by atoms with E-state index >= 15 is 0 Å². The molecular weight excluding hydrogens is 256 g/mol. The number of nitrogens with zero attached hydrogens (tertiary/aromatic N) is 1. The SMILES string of the molecule is Cc1cc(Oc2cccc(F)c2F)c(C(=O)O)cn1. The number of benzene rings is 1. The summed E-state index contributed by atoms with van der Waals surface area (Å²) in [5.41, 5.74) is 0.270. The van der Waals surface area contributed by atoms with Crippen molar-refractivity contribution in [1.29, 1.82) is 0 Å². The molecule has 0 amide bonds. The van der Waals surface area contributed by atoms with E-state index in [0.717, 1.165) is 12.3 Å². The summed E-state index contributed by atoms with van der Waals surface area (Å²) < 4.78 is 31.6. The van der Waals surface area contributed by atoms with Crippen LogP contribution in [0.3, 0.4) is 0 Å². The highest BCUT2D eigenvalue weighted by atomic mass is 19.2. The van der Waals surface area contributed by atoms with Gasteiger partial charge in [0.2, 0.25) is 5.82 Å². The van der Waals surface area contributed by atoms with Crippen LogP contribution in [0.1, 0.15) is 16.1 Å². The lowest BCUT2D eigenvalue weighted by Gasteiger charge is -2.10. The van der Waals surface area contributed by atoms with Crippen LogP contribution in [0.15, 0.2) is 30.5 Å². The molecule has 0 aliphatic rings. The van der Waals surface area contributed by atoms with Crippen LogP contribution in [-0.4, -0.2) is 16.1 Å². The average molecular weight is 265 g/mol. The molecule has 2 aromatic rings. The van der Waals surface area contributed by atoms with Crippen LogP contribution < -0.4 is 4.74 Å². The summed E-state index contributed by atoms with van der Waals surface area (Å²) >= 11 is 0. The Morgan fingerprint density at radius 3 is 2.74 bits per heavy atom. The second kappa shape index (κ2) is 5.01. The van der Waals surface area contributed by atoms with Gasteiger partial charge in [-0.1, -0.05) is 6.07 Å². The zero-order chi connectivity index (χ0) is 14.0. The van der Waals surface area contributed by atoms with Crippen LogP contribution in [0.25, 0.3) is 0 Å². The van der Waals surface area contributed by atoms with E-state index in [1.807, 2.05) is 0 Å². The minimum Gasteiger partial charge on any atom is -0.477 e. The summed E-state index contributed by atoms with van der Waals surface area (Å²) in [5.74, 6) is -3.98. The first-order valence-corrected chi connectivity index (χ1v) is 5.31. The molecule has 0 saturated heterocycles. The zero-order valence-electron chi connectivity index (χ0n) is 9.85. The first kappa shape index (κ1) is 12.9. The van der Waals surface area contributed by atoms with Gasteiger partial charge in [0, 0.05) is 18.0 Å². The Bertz CT molecular complexity index is 644. The number of aromatic nitrogens is 1. The van der Waals surface area contributed by atoms with Crippen molar-refractivity contribution in [2.45, 2.75) is 6.92 Å². The Hall–Kier alpha value is -2.50. The number of rotatable bonds is 3. The van der Waals surface area contributed by atoms with E-state index in [2.05, 4.69) is 4.98 Å². The van der Waals surface area contributed by atoms with Gasteiger partial charge >= 0.3 is 5.97 Å². The largest absolute Gasteiger partial charge is 0.477 e. The van der Waals surface area contributed by atoms with Crippen LogP contribution in [0, 0.1) is 18.6 Å². The molecule has 1 N–H and O–H groups in total. The molecule has 0 aliphatic carbocycles. The van der Waals surface area contributed by atoms with Gasteiger partial charge in [-0.15, -0.1) is 0 Å². The van der Waals surface area contributed by atoms with Gasteiger partial charge in [0.1, 0.15) is 11.3 Å². The number of hydrogen-bond acceptors (Lipinski definition) is 3. The predicted octanol–water partition coefficient (Wildman–Crippen LogP) is 3.16. The van der Waals surface area contributed by atoms with Crippen LogP contribution in [-0.2, 0) is 0 Å². The van der Waals surface area contributed by atoms with Crippen molar-refractivity contribution in [2.24, 2.45) is 0 Å². The van der Waals surface area contributed by atoms with Crippen LogP contribution in [0.5, 0.6) is 11.5 Å². The maximum atomic E-state index is 13.5. The Labute approximate surface area is 107 Å². The third kappa shape index (κ3) is 2.67. The summed E-state index contributed by atoms with van der Waals surface area (Å²) in [5, 5.41) is 8.97. The van der Waals surface area contributed by atoms with Gasteiger partial charge in [-0.2, -0.15) is 4.39 Å². The molecule has 0 bridgehead atoms. The molecule has 1 aromatic carbocycles. The lowest BCUT2D eigenvalue weighted by atomic mass is 10.2. The highest BCUT2D eigenvalue weighted by molar-refractivity contribution is 5.90. The van der Waals surface area contributed by atoms with E-state index in [0.29, 0.717) is 5.69 Å². The van der Waals surface area contributed by atoms with Crippen molar-refractivity contribution in [1.82, 2.24) is 4.98 Å². The number of carboxylic acid groups (broad SMARTS) is 1. The van der Waals surface area contributed by atoms with Crippen molar-refractivity contribution >= 4 is 5.97 Å². The lowest BCUT2D eigenvalue weighted by molar-refractivity contribution is 0.0693. The Morgan fingerprint density at radius 1 is 1.32 bits per heavy atom. The van der Waals surface area contributed by atoms with E-state index in [-0.39, 0.29) is 17.1 Å². The normalized spacial score (nSPS) is 10.3. The molecule has 0 radical (unpaired) electrons. The Kier molecular flexibility index (Phi) is 3.41. The quantitative estimate of drug-likeness (QED) is 0.926. The number of hydrogen-bond donors (Lipinski definition) is 1. The molecular formula is C13H9F2NO3. The topological polar surface area (TPSA) is 59.4 Å². The highest BCUT2D eigenvalue weighted by Crippen LogP contribution is 2.28. The predicted molar refractivity (Wildman–Crippen MR) is 62.4 cm³/mol. The number of ether oxygens (including phenoxy) is 1. The second-order valence-electron chi connectivity index (χ2n) is 3.78. The van der Waals surface area contributed by atoms with E-state index in [9.17, 15) is 13.6 Å². The standard InChI is InChI=1S/C13H9F2NO3/c1-7-5-11(8(6-16-7)13(17)18)19-10-4-2-3-9(14)12(10)15/h2-6H,1H3,(H,17,18). The van der Waals surface area contributed by atoms with Crippen LogP contribution in [0.4, 0.5) is 8.78 Å². The van der Waals surface area contributed by atoms with E-state index in [1.54, 1.807) is 6.92 Å². The van der Waals surface area contributed by atoms with Gasteiger partial charge in [-0.3, -0.25) is 4.98 Å². The van der Waals surface area contributed by atoms with Crippen LogP contribution in [0.2, 0.25) is 0 Å². The number of carbonyl (C=O) groups is 1. The summed E-state index contributed by atoms with van der Waals surface area (Å²) in [6.45, 7) is 1.63. The van der Waals surface area contributed by atoms with E-state index in [1.165, 1.54) is 18.2 Å². The van der Waals surface area contributed by atoms with Gasteiger partial charge in [0.25, 0.3) is 0 Å². The van der Waals surface area contributed by atoms with Crippen molar-refractivity contribution < 1.29 is 23.4 Å². The van der Waals surface area contributed by atoms with Crippen molar-refractivity contribution in [2.75, 3.05) is 0 Å². The maximum absolute atomic E-state index is 13.5. The van der Waals surface area contributed by atoms with E-state index < -0.39 is 17.6 Å². The van der Waals surface area contributed by atoms with Gasteiger partial charge in [-0.25, -0.2) is 9.18 Å². The van der Waals surface area contributed by atoms with Gasteiger partial charge < -0.3 is 9.84 Å². The molecule has 2 rings (SSSR count). The molecule has 0 unspecified atom stereocenters. The second-order valence-corrected chi connectivity index (χ2v) is 3.78. The third-order valence-electron chi connectivity index (χ3n) is 2.37. The minimum atomic E-state index is -1.26. The minimum absolute atomic E-state index is 0.0931. The lowest BCUT2D eigenvalue weighted by Crippen LogP contribution is -2.03. The van der Waals surface area contributed by atoms with Crippen molar-refractivity contribution in [3.8, 4) is 11.5 Å². The molecule has 0 atom stereocenters. The van der Waals surface area contributed by atoms with Crippen molar-refractivity contribution in [3.05, 3.63) is 53.4 Å². The zero-order valence-corrected chi connectivity index (χ0v) is 9.85. The van der Waals surface area contributed by atoms with Gasteiger partial charge in [0.15, 0.2) is 11.6 Å². The average Bonchev–Trinajstić information content (AvgIpc) is 2.35. The van der Waals surface area contributed by atoms with Crippen molar-refractivity contribution in [3.63, 3.8) is 0 Å². The number of carboxylic acids is 1. The maximum Gasteiger partial charge on any atom is 0.341 e. The molecule has 0 fully saturated rings. The molecule has 0 saturated carbocycles. The molecule has 0 spiro atoms. The third-order valence-corrected chi connectivity index (χ3v) is 2.37. The monoisotopic (exact) mass is 265 g/mol. The van der Waals surface area contributed by atoms with Gasteiger partial charge in [0.05, 0.1) is 0 Å². The van der Waals surface area contributed by atoms with Gasteiger partial charge in [-0.05, 0) is 19.1 Å². The molecule has 4 nitrogen and oxygen atoms in total. The Balaban J connectivity index is 2.45. The number of halogens is 2. The van der Waals surface area contributed by atoms with Crippen LogP contribution >= 0.6 is 0 Å². The Morgan fingerprint density at radius 2 is 2.05 bits per heavy atom.